The summed E-state index contributed by atoms with van der Waals surface area (Å²) in [6.07, 6.45) is 4.78. The third kappa shape index (κ3) is 6.82. The molecule has 0 atom stereocenters. The second-order valence-electron chi connectivity index (χ2n) is 8.02. The Balaban J connectivity index is 0.00000361. The molecule has 0 spiro atoms. The maximum atomic E-state index is 12.2. The average molecular weight is 512 g/mol. The van der Waals surface area contributed by atoms with Crippen LogP contribution in [-0.2, 0) is 22.9 Å². The number of amides is 2. The maximum Gasteiger partial charge on any atom is 1.00 e. The molecule has 0 aliphatic heterocycles. The van der Waals surface area contributed by atoms with Crippen LogP contribution in [0.5, 0.6) is 0 Å². The Labute approximate surface area is 233 Å². The first kappa shape index (κ1) is 27.6. The number of imidazole rings is 1. The Kier molecular flexibility index (Phi) is 9.44. The van der Waals surface area contributed by atoms with E-state index < -0.39 is 16.1 Å². The fourth-order valence-electron chi connectivity index (χ4n) is 3.57. The zero-order valence-electron chi connectivity index (χ0n) is 20.5. The number of hydrogen-bond acceptors (Lipinski definition) is 5. The van der Waals surface area contributed by atoms with E-state index in [0.29, 0.717) is 6.42 Å². The van der Waals surface area contributed by atoms with Gasteiger partial charge in [-0.1, -0.05) is 55.5 Å². The second kappa shape index (κ2) is 12.3. The molecule has 0 saturated carbocycles. The summed E-state index contributed by atoms with van der Waals surface area (Å²) < 4.78 is 29.8. The Morgan fingerprint density at radius 3 is 2.39 bits per heavy atom. The van der Waals surface area contributed by atoms with Gasteiger partial charge in [0.25, 0.3) is 0 Å². The second-order valence-corrected chi connectivity index (χ2v) is 9.57. The zero-order chi connectivity index (χ0) is 24.8. The molecular formula is C26H26N5NaO3S. The molecule has 2 amide bonds. The number of aromatic nitrogens is 3. The molecule has 36 heavy (non-hydrogen) atoms. The summed E-state index contributed by atoms with van der Waals surface area (Å²) in [5.41, 5.74) is 4.80. The van der Waals surface area contributed by atoms with E-state index in [1.807, 2.05) is 60.8 Å². The van der Waals surface area contributed by atoms with Gasteiger partial charge in [0.15, 0.2) is 11.1 Å². The van der Waals surface area contributed by atoms with Crippen LogP contribution in [0, 0.1) is 6.92 Å². The van der Waals surface area contributed by atoms with Crippen molar-refractivity contribution in [2.45, 2.75) is 31.7 Å². The van der Waals surface area contributed by atoms with Gasteiger partial charge in [0.1, 0.15) is 5.82 Å². The molecule has 0 bridgehead atoms. The first-order valence-electron chi connectivity index (χ1n) is 11.3. The third-order valence-electron chi connectivity index (χ3n) is 5.42. The monoisotopic (exact) mass is 511 g/mol. The fourth-order valence-corrected chi connectivity index (χ4v) is 4.37. The summed E-state index contributed by atoms with van der Waals surface area (Å²) in [5.74, 6) is 0.967. The quantitative estimate of drug-likeness (QED) is 0.363. The maximum absolute atomic E-state index is 12.2. The van der Waals surface area contributed by atoms with Gasteiger partial charge in [-0.3, -0.25) is 4.79 Å². The number of nitrogens with one attached hydrogen (secondary N) is 1. The molecule has 0 saturated heterocycles. The topological polar surface area (TPSA) is 108 Å². The predicted molar refractivity (Wildman–Crippen MR) is 135 cm³/mol. The van der Waals surface area contributed by atoms with Gasteiger partial charge in [0.05, 0.1) is 5.69 Å². The summed E-state index contributed by atoms with van der Waals surface area (Å²) in [6.45, 7) is 4.12. The Bertz CT molecular complexity index is 1400. The van der Waals surface area contributed by atoms with Crippen molar-refractivity contribution < 1.29 is 42.8 Å². The van der Waals surface area contributed by atoms with Crippen molar-refractivity contribution in [1.29, 1.82) is 0 Å². The van der Waals surface area contributed by atoms with Gasteiger partial charge < -0.3 is 14.6 Å². The number of sulfonamides is 1. The molecule has 0 aliphatic carbocycles. The molecule has 180 valence electrons. The molecule has 0 aliphatic rings. The smallest absolute Gasteiger partial charge is 0.448 e. The molecule has 1 N–H and O–H groups in total. The largest absolute Gasteiger partial charge is 1.00 e. The number of nitrogens with zero attached hydrogens (tertiary/aromatic N) is 4. The van der Waals surface area contributed by atoms with Crippen LogP contribution in [-0.4, -0.2) is 35.5 Å². The van der Waals surface area contributed by atoms with Crippen LogP contribution < -0.4 is 34.9 Å². The Hall–Kier alpha value is -2.98. The zero-order valence-corrected chi connectivity index (χ0v) is 23.4. The van der Waals surface area contributed by atoms with Crippen molar-refractivity contribution in [2.24, 2.45) is 0 Å². The van der Waals surface area contributed by atoms with Crippen LogP contribution in [0.4, 0.5) is 4.79 Å². The molecule has 10 heteroatoms. The summed E-state index contributed by atoms with van der Waals surface area (Å²) in [7, 11) is -4.14. The normalized spacial score (nSPS) is 10.9. The van der Waals surface area contributed by atoms with Gasteiger partial charge in [-0.05, 0) is 49.2 Å². The van der Waals surface area contributed by atoms with Crippen LogP contribution in [0.1, 0.15) is 23.9 Å². The molecule has 2 heterocycles. The number of benzene rings is 2. The molecule has 8 nitrogen and oxygen atoms in total. The Morgan fingerprint density at radius 1 is 1.03 bits per heavy atom. The van der Waals surface area contributed by atoms with E-state index >= 15 is 0 Å². The number of carbonyl (C=O) groups is 1. The minimum atomic E-state index is -4.14. The number of aryl methyl sites for hydroxylation is 2. The van der Waals surface area contributed by atoms with E-state index in [1.165, 1.54) is 12.3 Å². The first-order valence-corrected chi connectivity index (χ1v) is 12.7. The van der Waals surface area contributed by atoms with Crippen LogP contribution >= 0.6 is 0 Å². The minimum absolute atomic E-state index is 0. The van der Waals surface area contributed by atoms with Gasteiger partial charge in [-0.25, -0.2) is 18.4 Å². The molecule has 0 radical (unpaired) electrons. The third-order valence-corrected chi connectivity index (χ3v) is 6.60. The molecule has 0 fully saturated rings. The first-order chi connectivity index (χ1) is 16.9. The van der Waals surface area contributed by atoms with Crippen LogP contribution in [0.3, 0.4) is 0 Å². The van der Waals surface area contributed by atoms with Gasteiger partial charge in [0, 0.05) is 30.1 Å². The fraction of sp³-hybridized carbons (Fsp3) is 0.192. The van der Waals surface area contributed by atoms with Crippen molar-refractivity contribution in [2.75, 3.05) is 6.54 Å². The number of urea groups is 1. The van der Waals surface area contributed by atoms with Crippen molar-refractivity contribution in [3.05, 3.63) is 101 Å². The van der Waals surface area contributed by atoms with E-state index in [9.17, 15) is 13.2 Å². The van der Waals surface area contributed by atoms with Crippen LogP contribution in [0.15, 0.2) is 84.1 Å². The van der Waals surface area contributed by atoms with Gasteiger partial charge in [-0.2, -0.15) is 0 Å². The van der Waals surface area contributed by atoms with Gasteiger partial charge in [0.2, 0.25) is 10.0 Å². The van der Waals surface area contributed by atoms with Crippen molar-refractivity contribution in [3.63, 3.8) is 0 Å². The van der Waals surface area contributed by atoms with E-state index in [4.69, 9.17) is 4.98 Å². The molecular weight excluding hydrogens is 485 g/mol. The molecule has 0 unspecified atom stereocenters. The van der Waals surface area contributed by atoms with Crippen molar-refractivity contribution in [3.8, 4) is 16.9 Å². The number of carbonyl (C=O) groups excluding carboxylic acids is 1. The molecule has 2 aromatic heterocycles. The summed E-state index contributed by atoms with van der Waals surface area (Å²) in [6, 6.07) is 20.0. The number of pyridine rings is 1. The van der Waals surface area contributed by atoms with Crippen LogP contribution in [0.2, 0.25) is 0 Å². The Morgan fingerprint density at radius 2 is 1.75 bits per heavy atom. The molecule has 4 aromatic rings. The van der Waals surface area contributed by atoms with Gasteiger partial charge in [-0.15, -0.1) is 0 Å². The molecule has 4 rings (SSSR count). The summed E-state index contributed by atoms with van der Waals surface area (Å²) >= 11 is 0. The van der Waals surface area contributed by atoms with E-state index in [1.54, 1.807) is 13.0 Å². The van der Waals surface area contributed by atoms with E-state index in [0.717, 1.165) is 40.3 Å². The van der Waals surface area contributed by atoms with E-state index in [2.05, 4.69) is 26.5 Å². The minimum Gasteiger partial charge on any atom is -0.448 e. The average Bonchev–Trinajstić information content (AvgIpc) is 3.30. The predicted octanol–water partition coefficient (Wildman–Crippen LogP) is 1.82. The van der Waals surface area contributed by atoms with E-state index in [-0.39, 0.29) is 41.1 Å². The number of rotatable bonds is 8. The van der Waals surface area contributed by atoms with Gasteiger partial charge >= 0.3 is 29.6 Å². The summed E-state index contributed by atoms with van der Waals surface area (Å²) in [5, 5.41) is 2.27. The SMILES string of the molecule is CCc1nc(-c2ccccc2)cn1-c1ccc(CCNC(=O)[N-]S(=O)(=O)c2ccc(C)cn2)cc1.[Na+]. The summed E-state index contributed by atoms with van der Waals surface area (Å²) in [4.78, 5) is 20.6. The van der Waals surface area contributed by atoms with Crippen molar-refractivity contribution in [1.82, 2.24) is 19.9 Å². The molecule has 2 aromatic carbocycles. The number of hydrogen-bond donors (Lipinski definition) is 1. The van der Waals surface area contributed by atoms with Crippen molar-refractivity contribution >= 4 is 16.1 Å². The van der Waals surface area contributed by atoms with Crippen LogP contribution in [0.25, 0.3) is 21.7 Å². The standard InChI is InChI=1S/C26H27N5O3S.Na/c1-3-24-29-23(21-7-5-4-6-8-21)18-31(24)22-12-10-20(11-13-22)15-16-27-26(32)30-35(33,34)25-14-9-19(2)17-28-25;/h4-14,17-18H,3,15-16H2,1-2H3,(H2,27,30,32);/q;+1/p-1.